The van der Waals surface area contributed by atoms with E-state index in [9.17, 15) is 9.18 Å². The van der Waals surface area contributed by atoms with Crippen molar-refractivity contribution >= 4 is 17.8 Å². The molecule has 2 rings (SSSR count). The fourth-order valence-electron chi connectivity index (χ4n) is 2.18. The number of para-hydroxylation sites is 1. The second kappa shape index (κ2) is 7.41. The highest BCUT2D eigenvalue weighted by atomic mass is 19.1. The van der Waals surface area contributed by atoms with Crippen molar-refractivity contribution in [1.82, 2.24) is 5.32 Å². The van der Waals surface area contributed by atoms with Gasteiger partial charge in [-0.3, -0.25) is 0 Å². The van der Waals surface area contributed by atoms with Gasteiger partial charge in [-0.2, -0.15) is 0 Å². The molecule has 0 heterocycles. The number of nitrogens with one attached hydrogen (secondary N) is 2. The van der Waals surface area contributed by atoms with E-state index in [1.807, 2.05) is 32.0 Å². The van der Waals surface area contributed by atoms with E-state index in [1.54, 1.807) is 18.2 Å². The van der Waals surface area contributed by atoms with Gasteiger partial charge in [0.15, 0.2) is 0 Å². The SMILES string of the molecule is CCc1cccc(C)c1NC(=O)N/C=C/c1cccc(F)c1. The van der Waals surface area contributed by atoms with Gasteiger partial charge in [-0.1, -0.05) is 37.3 Å². The zero-order chi connectivity index (χ0) is 15.9. The molecular formula is C18H19FN2O. The van der Waals surface area contributed by atoms with Crippen LogP contribution in [0.1, 0.15) is 23.6 Å². The highest BCUT2D eigenvalue weighted by Crippen LogP contribution is 2.20. The minimum Gasteiger partial charge on any atom is -0.314 e. The Kier molecular flexibility index (Phi) is 5.31. The smallest absolute Gasteiger partial charge is 0.314 e. The Labute approximate surface area is 129 Å². The van der Waals surface area contributed by atoms with Gasteiger partial charge >= 0.3 is 6.03 Å². The molecule has 0 aromatic heterocycles. The minimum absolute atomic E-state index is 0.306. The zero-order valence-electron chi connectivity index (χ0n) is 12.7. The quantitative estimate of drug-likeness (QED) is 0.858. The lowest BCUT2D eigenvalue weighted by atomic mass is 10.1. The summed E-state index contributed by atoms with van der Waals surface area (Å²) in [7, 11) is 0. The molecule has 114 valence electrons. The molecule has 0 spiro atoms. The highest BCUT2D eigenvalue weighted by molar-refractivity contribution is 5.92. The molecule has 0 atom stereocenters. The summed E-state index contributed by atoms with van der Waals surface area (Å²) in [6.45, 7) is 4.00. The molecule has 0 saturated heterocycles. The van der Waals surface area contributed by atoms with Gasteiger partial charge in [-0.25, -0.2) is 9.18 Å². The van der Waals surface area contributed by atoms with E-state index >= 15 is 0 Å². The molecular weight excluding hydrogens is 279 g/mol. The molecule has 0 saturated carbocycles. The number of carbonyl (C=O) groups excluding carboxylic acids is 1. The zero-order valence-corrected chi connectivity index (χ0v) is 12.7. The largest absolute Gasteiger partial charge is 0.323 e. The van der Waals surface area contributed by atoms with Crippen LogP contribution in [-0.2, 0) is 6.42 Å². The van der Waals surface area contributed by atoms with Crippen LogP contribution in [0, 0.1) is 12.7 Å². The normalized spacial score (nSPS) is 10.7. The molecule has 2 aromatic rings. The lowest BCUT2D eigenvalue weighted by molar-refractivity contribution is 0.255. The third kappa shape index (κ3) is 4.19. The molecule has 0 fully saturated rings. The van der Waals surface area contributed by atoms with Crippen LogP contribution in [0.4, 0.5) is 14.9 Å². The van der Waals surface area contributed by atoms with Crippen LogP contribution in [0.25, 0.3) is 6.08 Å². The number of amides is 2. The third-order valence-electron chi connectivity index (χ3n) is 3.32. The van der Waals surface area contributed by atoms with E-state index in [1.165, 1.54) is 18.3 Å². The molecule has 2 amide bonds. The van der Waals surface area contributed by atoms with Crippen LogP contribution in [0.15, 0.2) is 48.7 Å². The maximum atomic E-state index is 13.0. The number of hydrogen-bond donors (Lipinski definition) is 2. The van der Waals surface area contributed by atoms with Gasteiger partial charge in [0, 0.05) is 11.9 Å². The first kappa shape index (κ1) is 15.8. The van der Waals surface area contributed by atoms with Crippen LogP contribution in [0.2, 0.25) is 0 Å². The standard InChI is InChI=1S/C18H19FN2O/c1-3-15-8-4-6-13(2)17(15)21-18(22)20-11-10-14-7-5-9-16(19)12-14/h4-12H,3H2,1-2H3,(H2,20,21,22)/b11-10+. The van der Waals surface area contributed by atoms with Crippen LogP contribution in [0.5, 0.6) is 0 Å². The summed E-state index contributed by atoms with van der Waals surface area (Å²) < 4.78 is 13.0. The van der Waals surface area contributed by atoms with Gasteiger partial charge in [0.05, 0.1) is 0 Å². The number of rotatable bonds is 4. The summed E-state index contributed by atoms with van der Waals surface area (Å²) in [5.41, 5.74) is 3.62. The summed E-state index contributed by atoms with van der Waals surface area (Å²) in [5.74, 6) is -0.306. The summed E-state index contributed by atoms with van der Waals surface area (Å²) in [4.78, 5) is 11.9. The Balaban J connectivity index is 1.99. The Morgan fingerprint density at radius 3 is 2.73 bits per heavy atom. The van der Waals surface area contributed by atoms with Crippen molar-refractivity contribution in [2.75, 3.05) is 5.32 Å². The fourth-order valence-corrected chi connectivity index (χ4v) is 2.18. The van der Waals surface area contributed by atoms with Crippen molar-refractivity contribution in [3.63, 3.8) is 0 Å². The second-order valence-electron chi connectivity index (χ2n) is 4.95. The minimum atomic E-state index is -0.323. The predicted molar refractivity (Wildman–Crippen MR) is 88.1 cm³/mol. The molecule has 0 aliphatic rings. The van der Waals surface area contributed by atoms with Gasteiger partial charge in [-0.05, 0) is 48.2 Å². The van der Waals surface area contributed by atoms with Crippen molar-refractivity contribution < 1.29 is 9.18 Å². The van der Waals surface area contributed by atoms with Crippen LogP contribution < -0.4 is 10.6 Å². The van der Waals surface area contributed by atoms with Gasteiger partial charge in [-0.15, -0.1) is 0 Å². The van der Waals surface area contributed by atoms with Crippen molar-refractivity contribution in [3.8, 4) is 0 Å². The molecule has 3 nitrogen and oxygen atoms in total. The van der Waals surface area contributed by atoms with Crippen LogP contribution in [0.3, 0.4) is 0 Å². The van der Waals surface area contributed by atoms with E-state index in [2.05, 4.69) is 10.6 Å². The first-order valence-electron chi connectivity index (χ1n) is 7.18. The van der Waals surface area contributed by atoms with Gasteiger partial charge in [0.2, 0.25) is 0 Å². The van der Waals surface area contributed by atoms with Gasteiger partial charge in [0.25, 0.3) is 0 Å². The summed E-state index contributed by atoms with van der Waals surface area (Å²) in [5, 5.41) is 5.48. The average Bonchev–Trinajstić information content (AvgIpc) is 2.49. The molecule has 22 heavy (non-hydrogen) atoms. The molecule has 0 bridgehead atoms. The molecule has 0 unspecified atom stereocenters. The van der Waals surface area contributed by atoms with E-state index in [-0.39, 0.29) is 11.8 Å². The number of anilines is 1. The monoisotopic (exact) mass is 298 g/mol. The molecule has 0 radical (unpaired) electrons. The highest BCUT2D eigenvalue weighted by Gasteiger charge is 2.06. The second-order valence-corrected chi connectivity index (χ2v) is 4.95. The Hall–Kier alpha value is -2.62. The maximum Gasteiger partial charge on any atom is 0.323 e. The van der Waals surface area contributed by atoms with E-state index < -0.39 is 0 Å². The molecule has 2 aromatic carbocycles. The molecule has 0 aliphatic heterocycles. The number of benzene rings is 2. The van der Waals surface area contributed by atoms with Crippen molar-refractivity contribution in [2.24, 2.45) is 0 Å². The number of carbonyl (C=O) groups is 1. The maximum absolute atomic E-state index is 13.0. The van der Waals surface area contributed by atoms with Crippen molar-refractivity contribution in [2.45, 2.75) is 20.3 Å². The van der Waals surface area contributed by atoms with Crippen molar-refractivity contribution in [1.29, 1.82) is 0 Å². The topological polar surface area (TPSA) is 41.1 Å². The Morgan fingerprint density at radius 2 is 2.00 bits per heavy atom. The fraction of sp³-hybridized carbons (Fsp3) is 0.167. The summed E-state index contributed by atoms with van der Waals surface area (Å²) >= 11 is 0. The van der Waals surface area contributed by atoms with E-state index in [0.29, 0.717) is 5.56 Å². The molecule has 4 heteroatoms. The number of halogens is 1. The summed E-state index contributed by atoms with van der Waals surface area (Å²) in [6, 6.07) is 11.8. The van der Waals surface area contributed by atoms with Crippen molar-refractivity contribution in [3.05, 3.63) is 71.2 Å². The lowest BCUT2D eigenvalue weighted by Gasteiger charge is -2.12. The van der Waals surface area contributed by atoms with E-state index in [4.69, 9.17) is 0 Å². The summed E-state index contributed by atoms with van der Waals surface area (Å²) in [6.07, 6.45) is 3.98. The number of urea groups is 1. The molecule has 0 aliphatic carbocycles. The first-order chi connectivity index (χ1) is 10.6. The number of aryl methyl sites for hydroxylation is 2. The van der Waals surface area contributed by atoms with Gasteiger partial charge in [0.1, 0.15) is 5.82 Å². The van der Waals surface area contributed by atoms with Gasteiger partial charge < -0.3 is 10.6 Å². The Bertz CT molecular complexity index is 695. The van der Waals surface area contributed by atoms with E-state index in [0.717, 1.165) is 23.2 Å². The predicted octanol–water partition coefficient (Wildman–Crippen LogP) is 4.49. The third-order valence-corrected chi connectivity index (χ3v) is 3.32. The first-order valence-corrected chi connectivity index (χ1v) is 7.18. The molecule has 2 N–H and O–H groups in total. The average molecular weight is 298 g/mol. The van der Waals surface area contributed by atoms with Crippen LogP contribution in [-0.4, -0.2) is 6.03 Å². The number of hydrogen-bond acceptors (Lipinski definition) is 1. The van der Waals surface area contributed by atoms with Crippen LogP contribution >= 0.6 is 0 Å². The lowest BCUT2D eigenvalue weighted by Crippen LogP contribution is -2.24. The Morgan fingerprint density at radius 1 is 1.23 bits per heavy atom.